The van der Waals surface area contributed by atoms with Crippen molar-refractivity contribution >= 4 is 0 Å². The fourth-order valence-electron chi connectivity index (χ4n) is 3.84. The van der Waals surface area contributed by atoms with Crippen LogP contribution in [-0.4, -0.2) is 59.7 Å². The first-order valence-corrected chi connectivity index (χ1v) is 6.85. The van der Waals surface area contributed by atoms with E-state index in [1.807, 2.05) is 0 Å². The van der Waals surface area contributed by atoms with Crippen molar-refractivity contribution in [1.29, 1.82) is 0 Å². The molecule has 3 heterocycles. The van der Waals surface area contributed by atoms with Gasteiger partial charge in [0.15, 0.2) is 0 Å². The van der Waals surface area contributed by atoms with Crippen LogP contribution in [0.5, 0.6) is 0 Å². The second-order valence-corrected chi connectivity index (χ2v) is 6.14. The van der Waals surface area contributed by atoms with E-state index < -0.39 is 0 Å². The van der Waals surface area contributed by atoms with Gasteiger partial charge >= 0.3 is 0 Å². The van der Waals surface area contributed by atoms with Crippen molar-refractivity contribution in [3.63, 3.8) is 0 Å². The van der Waals surface area contributed by atoms with Crippen LogP contribution in [0.3, 0.4) is 0 Å². The van der Waals surface area contributed by atoms with E-state index in [0.29, 0.717) is 18.7 Å². The van der Waals surface area contributed by atoms with Gasteiger partial charge in [0.2, 0.25) is 0 Å². The molecule has 4 nitrogen and oxygen atoms in total. The molecule has 3 rings (SSSR count). The van der Waals surface area contributed by atoms with Gasteiger partial charge in [0, 0.05) is 30.7 Å². The van der Waals surface area contributed by atoms with E-state index in [1.165, 1.54) is 12.8 Å². The molecule has 3 atom stereocenters. The number of rotatable bonds is 3. The van der Waals surface area contributed by atoms with E-state index in [-0.39, 0.29) is 18.1 Å². The lowest BCUT2D eigenvalue weighted by molar-refractivity contribution is -0.00907. The second kappa shape index (κ2) is 4.50. The summed E-state index contributed by atoms with van der Waals surface area (Å²) in [5.41, 5.74) is -0.0386. The van der Waals surface area contributed by atoms with E-state index in [1.54, 1.807) is 0 Å². The van der Waals surface area contributed by atoms with Crippen LogP contribution >= 0.6 is 0 Å². The summed E-state index contributed by atoms with van der Waals surface area (Å²) in [4.78, 5) is 2.54. The Morgan fingerprint density at radius 3 is 2.47 bits per heavy atom. The van der Waals surface area contributed by atoms with Crippen molar-refractivity contribution in [3.05, 3.63) is 0 Å². The van der Waals surface area contributed by atoms with E-state index in [2.05, 4.69) is 4.90 Å². The smallest absolute Gasteiger partial charge is 0.0570 e. The Hall–Kier alpha value is -0.160. The molecule has 3 aliphatic heterocycles. The lowest BCUT2D eigenvalue weighted by Crippen LogP contribution is -2.50. The monoisotopic (exact) mass is 241 g/mol. The summed E-state index contributed by atoms with van der Waals surface area (Å²) in [6.45, 7) is 2.66. The summed E-state index contributed by atoms with van der Waals surface area (Å²) in [5, 5.41) is 19.4. The second-order valence-electron chi connectivity index (χ2n) is 6.14. The molecule has 2 N–H and O–H groups in total. The normalized spacial score (nSPS) is 46.6. The van der Waals surface area contributed by atoms with Crippen LogP contribution in [0.4, 0.5) is 0 Å². The molecule has 3 fully saturated rings. The number of hydrogen-bond donors (Lipinski definition) is 2. The molecule has 0 saturated carbocycles. The summed E-state index contributed by atoms with van der Waals surface area (Å²) in [6, 6.07) is 1.07. The van der Waals surface area contributed by atoms with Gasteiger partial charge in [0.05, 0.1) is 19.3 Å². The standard InChI is InChI=1S/C13H23NO3/c15-8-13(3-4-17-9-13)7-14-10-1-2-11(14)6-12(16)5-10/h10-12,15-16H,1-9H2. The molecule has 3 aliphatic rings. The Morgan fingerprint density at radius 1 is 1.24 bits per heavy atom. The molecule has 17 heavy (non-hydrogen) atoms. The van der Waals surface area contributed by atoms with Crippen LogP contribution in [0.25, 0.3) is 0 Å². The third-order valence-corrected chi connectivity index (χ3v) is 4.90. The molecule has 0 aromatic rings. The molecular formula is C13H23NO3. The largest absolute Gasteiger partial charge is 0.396 e. The van der Waals surface area contributed by atoms with Gasteiger partial charge in [-0.1, -0.05) is 0 Å². The first-order valence-electron chi connectivity index (χ1n) is 6.85. The highest BCUT2D eigenvalue weighted by Gasteiger charge is 2.45. The van der Waals surface area contributed by atoms with Crippen LogP contribution in [0.1, 0.15) is 32.1 Å². The van der Waals surface area contributed by atoms with Gasteiger partial charge < -0.3 is 14.9 Å². The van der Waals surface area contributed by atoms with Crippen molar-refractivity contribution < 1.29 is 14.9 Å². The number of aliphatic hydroxyl groups is 2. The summed E-state index contributed by atoms with van der Waals surface area (Å²) in [6.07, 6.45) is 5.13. The van der Waals surface area contributed by atoms with Gasteiger partial charge in [0.25, 0.3) is 0 Å². The fourth-order valence-corrected chi connectivity index (χ4v) is 3.84. The maximum Gasteiger partial charge on any atom is 0.0570 e. The number of piperidine rings is 1. The van der Waals surface area contributed by atoms with Gasteiger partial charge in [0.1, 0.15) is 0 Å². The molecule has 0 aromatic carbocycles. The Labute approximate surface area is 103 Å². The Morgan fingerprint density at radius 2 is 1.94 bits per heavy atom. The zero-order valence-electron chi connectivity index (χ0n) is 10.3. The zero-order chi connectivity index (χ0) is 11.9. The molecule has 0 aromatic heterocycles. The van der Waals surface area contributed by atoms with Crippen molar-refractivity contribution in [2.45, 2.75) is 50.3 Å². The lowest BCUT2D eigenvalue weighted by Gasteiger charge is -2.41. The van der Waals surface area contributed by atoms with Crippen LogP contribution in [0.15, 0.2) is 0 Å². The van der Waals surface area contributed by atoms with Gasteiger partial charge in [-0.15, -0.1) is 0 Å². The highest BCUT2D eigenvalue weighted by Crippen LogP contribution is 2.39. The SMILES string of the molecule is OCC1(CN2C3CCC2CC(O)C3)CCOC1. The van der Waals surface area contributed by atoms with Crippen molar-refractivity contribution in [2.75, 3.05) is 26.4 Å². The minimum absolute atomic E-state index is 0.0386. The molecule has 4 heteroatoms. The maximum absolute atomic E-state index is 9.79. The first kappa shape index (κ1) is 11.9. The summed E-state index contributed by atoms with van der Waals surface area (Å²) in [7, 11) is 0. The summed E-state index contributed by atoms with van der Waals surface area (Å²) in [5.74, 6) is 0. The minimum atomic E-state index is -0.103. The van der Waals surface area contributed by atoms with Crippen LogP contribution in [0, 0.1) is 5.41 Å². The van der Waals surface area contributed by atoms with Crippen molar-refractivity contribution in [1.82, 2.24) is 4.90 Å². The Kier molecular flexibility index (Phi) is 3.15. The maximum atomic E-state index is 9.79. The third-order valence-electron chi connectivity index (χ3n) is 4.90. The molecule has 0 radical (unpaired) electrons. The molecule has 3 saturated heterocycles. The highest BCUT2D eigenvalue weighted by atomic mass is 16.5. The van der Waals surface area contributed by atoms with Crippen molar-refractivity contribution in [3.8, 4) is 0 Å². The average molecular weight is 241 g/mol. The molecule has 98 valence electrons. The van der Waals surface area contributed by atoms with E-state index in [0.717, 1.165) is 32.4 Å². The van der Waals surface area contributed by atoms with Gasteiger partial charge in [-0.2, -0.15) is 0 Å². The fraction of sp³-hybridized carbons (Fsp3) is 1.00. The number of ether oxygens (including phenoxy) is 1. The molecule has 2 bridgehead atoms. The first-order chi connectivity index (χ1) is 8.22. The third kappa shape index (κ3) is 2.12. The predicted octanol–water partition coefficient (Wildman–Crippen LogP) is 0.373. The number of aliphatic hydroxyl groups excluding tert-OH is 2. The van der Waals surface area contributed by atoms with Crippen LogP contribution in [-0.2, 0) is 4.74 Å². The number of hydrogen-bond acceptors (Lipinski definition) is 4. The van der Waals surface area contributed by atoms with Crippen molar-refractivity contribution in [2.24, 2.45) is 5.41 Å². The van der Waals surface area contributed by atoms with E-state index in [9.17, 15) is 10.2 Å². The Balaban J connectivity index is 1.69. The van der Waals surface area contributed by atoms with Gasteiger partial charge in [-0.05, 0) is 32.1 Å². The predicted molar refractivity (Wildman–Crippen MR) is 63.7 cm³/mol. The van der Waals surface area contributed by atoms with Gasteiger partial charge in [-0.25, -0.2) is 0 Å². The average Bonchev–Trinajstić information content (AvgIpc) is 2.86. The molecular weight excluding hydrogens is 218 g/mol. The van der Waals surface area contributed by atoms with Crippen LogP contribution < -0.4 is 0 Å². The van der Waals surface area contributed by atoms with E-state index >= 15 is 0 Å². The zero-order valence-corrected chi connectivity index (χ0v) is 10.3. The van der Waals surface area contributed by atoms with Gasteiger partial charge in [-0.3, -0.25) is 4.90 Å². The lowest BCUT2D eigenvalue weighted by atomic mass is 9.86. The number of nitrogens with zero attached hydrogens (tertiary/aromatic N) is 1. The topological polar surface area (TPSA) is 52.9 Å². The molecule has 0 amide bonds. The van der Waals surface area contributed by atoms with E-state index in [4.69, 9.17) is 4.74 Å². The Bertz CT molecular complexity index is 264. The molecule has 3 unspecified atom stereocenters. The summed E-state index contributed by atoms with van der Waals surface area (Å²) >= 11 is 0. The quantitative estimate of drug-likeness (QED) is 0.750. The molecule has 0 aliphatic carbocycles. The molecule has 0 spiro atoms. The minimum Gasteiger partial charge on any atom is -0.396 e. The number of fused-ring (bicyclic) bond motifs is 2. The summed E-state index contributed by atoms with van der Waals surface area (Å²) < 4.78 is 5.47. The van der Waals surface area contributed by atoms with Crippen LogP contribution in [0.2, 0.25) is 0 Å². The highest BCUT2D eigenvalue weighted by molar-refractivity contribution is 4.98.